The zero-order valence-corrected chi connectivity index (χ0v) is 11.7. The van der Waals surface area contributed by atoms with Crippen molar-refractivity contribution < 1.29 is 24.9 Å². The Morgan fingerprint density at radius 1 is 1.35 bits per heavy atom. The maximum absolute atomic E-state index is 11.6. The zero-order valence-electron chi connectivity index (χ0n) is 11.7. The molecule has 0 saturated heterocycles. The second-order valence-corrected chi connectivity index (χ2v) is 5.45. The van der Waals surface area contributed by atoms with Gasteiger partial charge in [-0.1, -0.05) is 13.5 Å². The molecule has 0 bridgehead atoms. The summed E-state index contributed by atoms with van der Waals surface area (Å²) in [5, 5.41) is 31.1. The first kappa shape index (κ1) is 16.7. The molecule has 1 rings (SSSR count). The van der Waals surface area contributed by atoms with Gasteiger partial charge in [-0.15, -0.1) is 0 Å². The molecule has 1 saturated carbocycles. The van der Waals surface area contributed by atoms with Crippen LogP contribution in [0, 0.1) is 5.92 Å². The Kier molecular flexibility index (Phi) is 5.71. The Labute approximate surface area is 118 Å². The van der Waals surface area contributed by atoms with Crippen LogP contribution in [0.25, 0.3) is 0 Å². The number of rotatable bonds is 6. The molecule has 0 radical (unpaired) electrons. The van der Waals surface area contributed by atoms with Gasteiger partial charge in [0, 0.05) is 0 Å². The average Bonchev–Trinajstić information content (AvgIpc) is 2.41. The molecule has 6 heteroatoms. The average molecular weight is 285 g/mol. The first-order valence-corrected chi connectivity index (χ1v) is 6.88. The van der Waals surface area contributed by atoms with Gasteiger partial charge in [-0.25, -0.2) is 4.79 Å². The van der Waals surface area contributed by atoms with E-state index in [0.717, 1.165) is 6.08 Å². The number of hydrogen-bond donors (Lipinski definition) is 4. The molecular weight excluding hydrogens is 262 g/mol. The van der Waals surface area contributed by atoms with Gasteiger partial charge in [-0.3, -0.25) is 4.79 Å². The van der Waals surface area contributed by atoms with Gasteiger partial charge < -0.3 is 20.6 Å². The van der Waals surface area contributed by atoms with Crippen molar-refractivity contribution >= 4 is 11.9 Å². The molecule has 1 aliphatic rings. The standard InChI is InChI=1S/C14H23NO5/c1-3-12(18)15-14(4-2,13(19)20)8-9-5-6-10(16)11(17)7-9/h3,9-11,16-17H,1,4-8H2,2H3,(H,15,18)(H,19,20). The smallest absolute Gasteiger partial charge is 0.329 e. The van der Waals surface area contributed by atoms with Crippen molar-refractivity contribution in [2.75, 3.05) is 0 Å². The monoisotopic (exact) mass is 285 g/mol. The fourth-order valence-corrected chi connectivity index (χ4v) is 2.76. The highest BCUT2D eigenvalue weighted by atomic mass is 16.4. The normalized spacial score (nSPS) is 29.2. The third kappa shape index (κ3) is 3.80. The summed E-state index contributed by atoms with van der Waals surface area (Å²) in [6.45, 7) is 5.03. The summed E-state index contributed by atoms with van der Waals surface area (Å²) in [5.74, 6) is -1.66. The highest BCUT2D eigenvalue weighted by molar-refractivity contribution is 5.92. The van der Waals surface area contributed by atoms with Gasteiger partial charge in [0.25, 0.3) is 0 Å². The van der Waals surface area contributed by atoms with E-state index in [0.29, 0.717) is 19.3 Å². The highest BCUT2D eigenvalue weighted by Crippen LogP contribution is 2.32. The van der Waals surface area contributed by atoms with Crippen LogP contribution < -0.4 is 5.32 Å². The van der Waals surface area contributed by atoms with Crippen LogP contribution in [-0.2, 0) is 9.59 Å². The first-order chi connectivity index (χ1) is 9.34. The Hall–Kier alpha value is -1.40. The van der Waals surface area contributed by atoms with Gasteiger partial charge in [0.2, 0.25) is 5.91 Å². The van der Waals surface area contributed by atoms with E-state index in [9.17, 15) is 24.9 Å². The maximum Gasteiger partial charge on any atom is 0.329 e. The molecule has 20 heavy (non-hydrogen) atoms. The van der Waals surface area contributed by atoms with Crippen LogP contribution in [0.15, 0.2) is 12.7 Å². The number of hydrogen-bond acceptors (Lipinski definition) is 4. The molecule has 4 N–H and O–H groups in total. The van der Waals surface area contributed by atoms with Crippen molar-refractivity contribution in [3.05, 3.63) is 12.7 Å². The molecule has 4 atom stereocenters. The zero-order chi connectivity index (χ0) is 15.3. The lowest BCUT2D eigenvalue weighted by Gasteiger charge is -2.36. The van der Waals surface area contributed by atoms with E-state index in [1.807, 2.05) is 0 Å². The number of amides is 1. The van der Waals surface area contributed by atoms with Crippen LogP contribution in [0.1, 0.15) is 39.0 Å². The molecule has 0 aromatic rings. The minimum atomic E-state index is -1.35. The quantitative estimate of drug-likeness (QED) is 0.530. The number of aliphatic hydroxyl groups is 2. The summed E-state index contributed by atoms with van der Waals surface area (Å²) in [6.07, 6.45) is 1.39. The lowest BCUT2D eigenvalue weighted by molar-refractivity contribution is -0.148. The van der Waals surface area contributed by atoms with Crippen LogP contribution in [0.5, 0.6) is 0 Å². The molecule has 4 unspecified atom stereocenters. The number of aliphatic hydroxyl groups excluding tert-OH is 2. The summed E-state index contributed by atoms with van der Waals surface area (Å²) in [5.41, 5.74) is -1.35. The molecule has 1 amide bonds. The van der Waals surface area contributed by atoms with Gasteiger partial charge in [-0.2, -0.15) is 0 Å². The number of carbonyl (C=O) groups is 2. The van der Waals surface area contributed by atoms with Crippen molar-refractivity contribution in [3.8, 4) is 0 Å². The van der Waals surface area contributed by atoms with Crippen molar-refractivity contribution in [1.29, 1.82) is 0 Å². The van der Waals surface area contributed by atoms with Crippen molar-refractivity contribution in [1.82, 2.24) is 5.32 Å². The molecule has 0 aliphatic heterocycles. The van der Waals surface area contributed by atoms with Crippen molar-refractivity contribution in [2.45, 2.75) is 56.8 Å². The molecular formula is C14H23NO5. The molecule has 1 aliphatic carbocycles. The lowest BCUT2D eigenvalue weighted by atomic mass is 9.76. The van der Waals surface area contributed by atoms with Crippen LogP contribution in [0.4, 0.5) is 0 Å². The number of carboxylic acid groups (broad SMARTS) is 1. The fraction of sp³-hybridized carbons (Fsp3) is 0.714. The Bertz CT molecular complexity index is 384. The molecule has 0 heterocycles. The van der Waals surface area contributed by atoms with E-state index < -0.39 is 29.6 Å². The topological polar surface area (TPSA) is 107 Å². The second-order valence-electron chi connectivity index (χ2n) is 5.45. The summed E-state index contributed by atoms with van der Waals surface area (Å²) in [6, 6.07) is 0. The molecule has 6 nitrogen and oxygen atoms in total. The van der Waals surface area contributed by atoms with Gasteiger partial charge in [0.1, 0.15) is 5.54 Å². The second kappa shape index (κ2) is 6.85. The minimum absolute atomic E-state index is 0.0467. The van der Waals surface area contributed by atoms with Crippen LogP contribution >= 0.6 is 0 Å². The largest absolute Gasteiger partial charge is 0.480 e. The maximum atomic E-state index is 11.6. The third-order valence-corrected chi connectivity index (χ3v) is 4.09. The van der Waals surface area contributed by atoms with Crippen molar-refractivity contribution in [2.24, 2.45) is 5.92 Å². The molecule has 0 spiro atoms. The number of aliphatic carboxylic acids is 1. The predicted molar refractivity (Wildman–Crippen MR) is 73.0 cm³/mol. The molecule has 0 aromatic carbocycles. The summed E-state index contributed by atoms with van der Waals surface area (Å²) in [4.78, 5) is 23.0. The first-order valence-electron chi connectivity index (χ1n) is 6.88. The van der Waals surface area contributed by atoms with E-state index in [1.54, 1.807) is 6.92 Å². The number of nitrogens with one attached hydrogen (secondary N) is 1. The fourth-order valence-electron chi connectivity index (χ4n) is 2.76. The highest BCUT2D eigenvalue weighted by Gasteiger charge is 2.41. The Morgan fingerprint density at radius 3 is 2.45 bits per heavy atom. The van der Waals surface area contributed by atoms with Gasteiger partial charge in [0.15, 0.2) is 0 Å². The predicted octanol–water partition coefficient (Wildman–Crippen LogP) is 0.434. The van der Waals surface area contributed by atoms with E-state index in [2.05, 4.69) is 11.9 Å². The van der Waals surface area contributed by atoms with Gasteiger partial charge in [0.05, 0.1) is 12.2 Å². The van der Waals surface area contributed by atoms with Crippen LogP contribution in [0.2, 0.25) is 0 Å². The summed E-state index contributed by atoms with van der Waals surface area (Å²) < 4.78 is 0. The molecule has 0 aromatic heterocycles. The number of carbonyl (C=O) groups excluding carboxylic acids is 1. The van der Waals surface area contributed by atoms with Gasteiger partial charge in [-0.05, 0) is 44.1 Å². The van der Waals surface area contributed by atoms with E-state index in [-0.39, 0.29) is 18.8 Å². The van der Waals surface area contributed by atoms with E-state index in [1.165, 1.54) is 0 Å². The van der Waals surface area contributed by atoms with Crippen molar-refractivity contribution in [3.63, 3.8) is 0 Å². The van der Waals surface area contributed by atoms with Crippen LogP contribution in [0.3, 0.4) is 0 Å². The molecule has 114 valence electrons. The Morgan fingerprint density at radius 2 is 2.00 bits per heavy atom. The summed E-state index contributed by atoms with van der Waals surface area (Å²) >= 11 is 0. The Balaban J connectivity index is 2.81. The summed E-state index contributed by atoms with van der Waals surface area (Å²) in [7, 11) is 0. The van der Waals surface area contributed by atoms with Crippen LogP contribution in [-0.4, -0.2) is 44.9 Å². The van der Waals surface area contributed by atoms with E-state index in [4.69, 9.17) is 0 Å². The minimum Gasteiger partial charge on any atom is -0.480 e. The number of carboxylic acids is 1. The van der Waals surface area contributed by atoms with E-state index >= 15 is 0 Å². The lowest BCUT2D eigenvalue weighted by Crippen LogP contribution is -2.55. The SMILES string of the molecule is C=CC(=O)NC(CC)(CC1CCC(O)C(O)C1)C(=O)O. The third-order valence-electron chi connectivity index (χ3n) is 4.09. The van der Waals surface area contributed by atoms with Gasteiger partial charge >= 0.3 is 5.97 Å². The molecule has 1 fully saturated rings.